The highest BCUT2D eigenvalue weighted by Crippen LogP contribution is 2.29. The molecular formula is C11H5F5N2O. The number of benzene rings is 1. The summed E-state index contributed by atoms with van der Waals surface area (Å²) in [6, 6.07) is 2.65. The zero-order chi connectivity index (χ0) is 14.2. The molecule has 0 bridgehead atoms. The zero-order valence-corrected chi connectivity index (χ0v) is 9.05. The highest BCUT2D eigenvalue weighted by Gasteiger charge is 2.32. The van der Waals surface area contributed by atoms with Crippen molar-refractivity contribution in [2.24, 2.45) is 0 Å². The van der Waals surface area contributed by atoms with E-state index in [0.717, 1.165) is 12.1 Å². The van der Waals surface area contributed by atoms with Crippen LogP contribution in [-0.4, -0.2) is 9.97 Å². The molecule has 0 fully saturated rings. The Morgan fingerprint density at radius 3 is 2.42 bits per heavy atom. The van der Waals surface area contributed by atoms with Gasteiger partial charge in [0.1, 0.15) is 17.3 Å². The molecular weight excluding hydrogens is 271 g/mol. The number of nitrogens with zero attached hydrogens (tertiary/aromatic N) is 1. The van der Waals surface area contributed by atoms with Gasteiger partial charge in [0, 0.05) is 5.56 Å². The molecule has 2 aromatic rings. The Morgan fingerprint density at radius 1 is 1.11 bits per heavy atom. The Hall–Kier alpha value is -2.25. The number of hydrogen-bond acceptors (Lipinski definition) is 2. The van der Waals surface area contributed by atoms with Crippen molar-refractivity contribution in [1.82, 2.24) is 9.97 Å². The van der Waals surface area contributed by atoms with E-state index in [2.05, 4.69) is 4.98 Å². The quantitative estimate of drug-likeness (QED) is 0.814. The zero-order valence-electron chi connectivity index (χ0n) is 9.05. The average molecular weight is 276 g/mol. The summed E-state index contributed by atoms with van der Waals surface area (Å²) in [4.78, 5) is 15.7. The van der Waals surface area contributed by atoms with Crippen molar-refractivity contribution in [3.8, 4) is 11.3 Å². The lowest BCUT2D eigenvalue weighted by atomic mass is 10.1. The number of rotatable bonds is 1. The smallest absolute Gasteiger partial charge is 0.302 e. The molecule has 1 N–H and O–H groups in total. The van der Waals surface area contributed by atoms with Crippen molar-refractivity contribution >= 4 is 0 Å². The minimum absolute atomic E-state index is 0.444. The van der Waals surface area contributed by atoms with Gasteiger partial charge in [-0.2, -0.15) is 18.2 Å². The molecule has 0 aliphatic heterocycles. The third-order valence-electron chi connectivity index (χ3n) is 2.25. The molecule has 0 aliphatic carbocycles. The number of hydrogen-bond donors (Lipinski definition) is 1. The van der Waals surface area contributed by atoms with Crippen LogP contribution in [0.2, 0.25) is 0 Å². The first-order valence-electron chi connectivity index (χ1n) is 4.91. The molecule has 0 amide bonds. The number of H-pyrrole nitrogens is 1. The van der Waals surface area contributed by atoms with Crippen molar-refractivity contribution in [3.63, 3.8) is 0 Å². The Kier molecular flexibility index (Phi) is 3.09. The van der Waals surface area contributed by atoms with Crippen LogP contribution in [0, 0.1) is 11.6 Å². The predicted octanol–water partition coefficient (Wildman–Crippen LogP) is 2.73. The normalized spacial score (nSPS) is 11.6. The minimum Gasteiger partial charge on any atom is -0.302 e. The maximum atomic E-state index is 13.4. The van der Waals surface area contributed by atoms with E-state index >= 15 is 0 Å². The Bertz CT molecular complexity index is 678. The van der Waals surface area contributed by atoms with Gasteiger partial charge in [0.15, 0.2) is 0 Å². The summed E-state index contributed by atoms with van der Waals surface area (Å²) < 4.78 is 63.8. The van der Waals surface area contributed by atoms with Crippen LogP contribution in [0.3, 0.4) is 0 Å². The summed E-state index contributed by atoms with van der Waals surface area (Å²) in [6.45, 7) is 0. The standard InChI is InChI=1S/C11H5F5N2O/c12-5-1-2-7(13)6(3-5)8-4-9(11(14,15)16)18-10(19)17-8/h1-4H,(H,17,18,19). The predicted molar refractivity (Wildman–Crippen MR) is 55.2 cm³/mol. The Balaban J connectivity index is 2.66. The fourth-order valence-electron chi connectivity index (χ4n) is 1.44. The average Bonchev–Trinajstić information content (AvgIpc) is 2.30. The first-order valence-corrected chi connectivity index (χ1v) is 4.91. The maximum Gasteiger partial charge on any atom is 0.431 e. The van der Waals surface area contributed by atoms with E-state index < -0.39 is 40.5 Å². The molecule has 2 rings (SSSR count). The lowest BCUT2D eigenvalue weighted by Gasteiger charge is -2.08. The second-order valence-corrected chi connectivity index (χ2v) is 3.61. The van der Waals surface area contributed by atoms with Crippen LogP contribution in [0.5, 0.6) is 0 Å². The molecule has 0 atom stereocenters. The number of alkyl halides is 3. The Labute approximate surface area is 102 Å². The second kappa shape index (κ2) is 4.45. The van der Waals surface area contributed by atoms with Gasteiger partial charge in [0.2, 0.25) is 0 Å². The van der Waals surface area contributed by atoms with Gasteiger partial charge in [0.05, 0.1) is 5.69 Å². The molecule has 0 aliphatic rings. The number of aromatic nitrogens is 2. The largest absolute Gasteiger partial charge is 0.431 e. The van der Waals surface area contributed by atoms with Gasteiger partial charge in [-0.25, -0.2) is 13.6 Å². The van der Waals surface area contributed by atoms with Gasteiger partial charge in [-0.3, -0.25) is 0 Å². The highest BCUT2D eigenvalue weighted by atomic mass is 19.4. The molecule has 3 nitrogen and oxygen atoms in total. The van der Waals surface area contributed by atoms with Crippen molar-refractivity contribution in [2.75, 3.05) is 0 Å². The first-order chi connectivity index (χ1) is 8.77. The molecule has 1 heterocycles. The first kappa shape index (κ1) is 13.2. The van der Waals surface area contributed by atoms with E-state index in [9.17, 15) is 26.7 Å². The van der Waals surface area contributed by atoms with Gasteiger partial charge >= 0.3 is 11.9 Å². The van der Waals surface area contributed by atoms with E-state index in [1.807, 2.05) is 0 Å². The van der Waals surface area contributed by atoms with Crippen LogP contribution in [0.4, 0.5) is 22.0 Å². The lowest BCUT2D eigenvalue weighted by Crippen LogP contribution is -2.19. The summed E-state index contributed by atoms with van der Waals surface area (Å²) in [6.07, 6.45) is -4.82. The van der Waals surface area contributed by atoms with Crippen molar-refractivity contribution in [2.45, 2.75) is 6.18 Å². The van der Waals surface area contributed by atoms with Gasteiger partial charge in [-0.15, -0.1) is 0 Å². The van der Waals surface area contributed by atoms with E-state index in [4.69, 9.17) is 0 Å². The van der Waals surface area contributed by atoms with Crippen molar-refractivity contribution in [1.29, 1.82) is 0 Å². The minimum atomic E-state index is -4.82. The van der Waals surface area contributed by atoms with Gasteiger partial charge in [0.25, 0.3) is 0 Å². The van der Waals surface area contributed by atoms with Crippen LogP contribution in [0.1, 0.15) is 5.69 Å². The fraction of sp³-hybridized carbons (Fsp3) is 0.0909. The lowest BCUT2D eigenvalue weighted by molar-refractivity contribution is -0.141. The molecule has 0 radical (unpaired) electrons. The van der Waals surface area contributed by atoms with E-state index in [1.165, 1.54) is 4.98 Å². The van der Waals surface area contributed by atoms with Crippen LogP contribution >= 0.6 is 0 Å². The van der Waals surface area contributed by atoms with Crippen molar-refractivity contribution in [3.05, 3.63) is 52.1 Å². The molecule has 8 heteroatoms. The summed E-state index contributed by atoms with van der Waals surface area (Å²) in [5, 5.41) is 0. The van der Waals surface area contributed by atoms with Crippen LogP contribution < -0.4 is 5.69 Å². The fourth-order valence-corrected chi connectivity index (χ4v) is 1.44. The molecule has 1 aromatic carbocycles. The van der Waals surface area contributed by atoms with E-state index in [-0.39, 0.29) is 0 Å². The molecule has 0 spiro atoms. The highest BCUT2D eigenvalue weighted by molar-refractivity contribution is 5.60. The van der Waals surface area contributed by atoms with E-state index in [0.29, 0.717) is 12.1 Å². The summed E-state index contributed by atoms with van der Waals surface area (Å²) in [7, 11) is 0. The maximum absolute atomic E-state index is 13.4. The monoisotopic (exact) mass is 276 g/mol. The molecule has 0 saturated carbocycles. The molecule has 0 saturated heterocycles. The van der Waals surface area contributed by atoms with Crippen molar-refractivity contribution < 1.29 is 22.0 Å². The van der Waals surface area contributed by atoms with Crippen LogP contribution in [0.15, 0.2) is 29.1 Å². The Morgan fingerprint density at radius 2 is 1.79 bits per heavy atom. The SMILES string of the molecule is O=c1nc(-c2cc(F)ccc2F)cc(C(F)(F)F)[nH]1. The molecule has 1 aromatic heterocycles. The van der Waals surface area contributed by atoms with Crippen LogP contribution in [0.25, 0.3) is 11.3 Å². The second-order valence-electron chi connectivity index (χ2n) is 3.61. The third kappa shape index (κ3) is 2.78. The number of nitrogens with one attached hydrogen (secondary N) is 1. The molecule has 19 heavy (non-hydrogen) atoms. The summed E-state index contributed by atoms with van der Waals surface area (Å²) >= 11 is 0. The number of halogens is 5. The number of aromatic amines is 1. The van der Waals surface area contributed by atoms with Gasteiger partial charge in [-0.1, -0.05) is 0 Å². The van der Waals surface area contributed by atoms with Crippen LogP contribution in [-0.2, 0) is 6.18 Å². The topological polar surface area (TPSA) is 45.8 Å². The summed E-state index contributed by atoms with van der Waals surface area (Å²) in [5.74, 6) is -1.83. The third-order valence-corrected chi connectivity index (χ3v) is 2.25. The van der Waals surface area contributed by atoms with Gasteiger partial charge < -0.3 is 4.98 Å². The van der Waals surface area contributed by atoms with E-state index in [1.54, 1.807) is 0 Å². The molecule has 100 valence electrons. The molecule has 0 unspecified atom stereocenters. The summed E-state index contributed by atoms with van der Waals surface area (Å²) in [5.41, 5.74) is -3.79. The van der Waals surface area contributed by atoms with Gasteiger partial charge in [-0.05, 0) is 24.3 Å².